The Morgan fingerprint density at radius 1 is 1.08 bits per heavy atom. The third-order valence-corrected chi connectivity index (χ3v) is 5.14. The lowest BCUT2D eigenvalue weighted by Gasteiger charge is -2.32. The SMILES string of the molecule is COC(=O)C1C[C@@]12C[C@H](C(=O)OC(C)(C)C)CC=C2c1ccccc1. The number of ether oxygens (including phenoxy) is 2. The summed E-state index contributed by atoms with van der Waals surface area (Å²) in [6.45, 7) is 5.63. The van der Waals surface area contributed by atoms with Gasteiger partial charge in [0.2, 0.25) is 0 Å². The molecule has 0 aliphatic heterocycles. The van der Waals surface area contributed by atoms with Crippen molar-refractivity contribution >= 4 is 17.5 Å². The summed E-state index contributed by atoms with van der Waals surface area (Å²) in [6.07, 6.45) is 4.15. The molecule has 2 aliphatic carbocycles. The van der Waals surface area contributed by atoms with E-state index < -0.39 is 5.60 Å². The molecule has 4 nitrogen and oxygen atoms in total. The maximum Gasteiger partial charge on any atom is 0.309 e. The monoisotopic (exact) mass is 342 g/mol. The maximum absolute atomic E-state index is 12.6. The van der Waals surface area contributed by atoms with E-state index in [9.17, 15) is 9.59 Å². The van der Waals surface area contributed by atoms with Crippen molar-refractivity contribution in [3.05, 3.63) is 42.0 Å². The topological polar surface area (TPSA) is 52.6 Å². The van der Waals surface area contributed by atoms with E-state index in [-0.39, 0.29) is 29.2 Å². The second-order valence-electron chi connectivity index (χ2n) is 8.09. The predicted molar refractivity (Wildman–Crippen MR) is 95.5 cm³/mol. The highest BCUT2D eigenvalue weighted by molar-refractivity contribution is 5.87. The van der Waals surface area contributed by atoms with E-state index in [1.54, 1.807) is 0 Å². The first kappa shape index (κ1) is 17.7. The zero-order chi connectivity index (χ0) is 18.2. The fourth-order valence-electron chi connectivity index (χ4n) is 3.96. The standard InChI is InChI=1S/C21H26O4/c1-20(2,3)25-18(22)15-10-11-16(14-8-6-5-7-9-14)21(12-15)13-17(21)19(23)24-4/h5-9,11,15,17H,10,12-13H2,1-4H3/t15-,17?,21-/m1/s1. The van der Waals surface area contributed by atoms with Gasteiger partial charge < -0.3 is 9.47 Å². The van der Waals surface area contributed by atoms with Crippen LogP contribution in [0.1, 0.15) is 45.6 Å². The summed E-state index contributed by atoms with van der Waals surface area (Å²) < 4.78 is 10.6. The molecule has 2 aliphatic rings. The van der Waals surface area contributed by atoms with Crippen molar-refractivity contribution in [3.8, 4) is 0 Å². The van der Waals surface area contributed by atoms with Crippen LogP contribution in [0.15, 0.2) is 36.4 Å². The Labute approximate surface area is 149 Å². The first-order valence-electron chi connectivity index (χ1n) is 8.83. The summed E-state index contributed by atoms with van der Waals surface area (Å²) in [5.41, 5.74) is 1.49. The van der Waals surface area contributed by atoms with Crippen molar-refractivity contribution < 1.29 is 19.1 Å². The summed E-state index contributed by atoms with van der Waals surface area (Å²) in [5, 5.41) is 0. The molecule has 1 saturated carbocycles. The van der Waals surface area contributed by atoms with Gasteiger partial charge in [-0.3, -0.25) is 9.59 Å². The lowest BCUT2D eigenvalue weighted by molar-refractivity contribution is -0.161. The van der Waals surface area contributed by atoms with Gasteiger partial charge >= 0.3 is 11.9 Å². The number of benzene rings is 1. The normalized spacial score (nSPS) is 28.2. The Balaban J connectivity index is 1.89. The Morgan fingerprint density at radius 2 is 1.76 bits per heavy atom. The average molecular weight is 342 g/mol. The van der Waals surface area contributed by atoms with E-state index >= 15 is 0 Å². The van der Waals surface area contributed by atoms with E-state index in [4.69, 9.17) is 9.47 Å². The summed E-state index contributed by atoms with van der Waals surface area (Å²) in [5.74, 6) is -0.743. The van der Waals surface area contributed by atoms with Crippen LogP contribution in [0.4, 0.5) is 0 Å². The Bertz CT molecular complexity index is 698. The van der Waals surface area contributed by atoms with Gasteiger partial charge in [-0.05, 0) is 51.2 Å². The van der Waals surface area contributed by atoms with E-state index in [1.807, 2.05) is 39.0 Å². The summed E-state index contributed by atoms with van der Waals surface area (Å²) in [6, 6.07) is 10.1. The highest BCUT2D eigenvalue weighted by Crippen LogP contribution is 2.66. The molecule has 0 amide bonds. The number of hydrogen-bond acceptors (Lipinski definition) is 4. The van der Waals surface area contributed by atoms with Crippen molar-refractivity contribution in [1.82, 2.24) is 0 Å². The first-order chi connectivity index (χ1) is 11.8. The number of esters is 2. The van der Waals surface area contributed by atoms with E-state index in [2.05, 4.69) is 18.2 Å². The van der Waals surface area contributed by atoms with Gasteiger partial charge in [0.15, 0.2) is 0 Å². The van der Waals surface area contributed by atoms with E-state index in [1.165, 1.54) is 12.7 Å². The molecule has 0 heterocycles. The number of hydrogen-bond donors (Lipinski definition) is 0. The van der Waals surface area contributed by atoms with Crippen LogP contribution in [0.2, 0.25) is 0 Å². The summed E-state index contributed by atoms with van der Waals surface area (Å²) in [7, 11) is 1.43. The number of carbonyl (C=O) groups excluding carboxylic acids is 2. The van der Waals surface area contributed by atoms with Gasteiger partial charge in [0.25, 0.3) is 0 Å². The van der Waals surface area contributed by atoms with Crippen LogP contribution in [0.5, 0.6) is 0 Å². The van der Waals surface area contributed by atoms with Gasteiger partial charge in [0.1, 0.15) is 5.60 Å². The molecule has 0 radical (unpaired) electrons. The molecule has 25 heavy (non-hydrogen) atoms. The van der Waals surface area contributed by atoms with Crippen LogP contribution in [-0.2, 0) is 19.1 Å². The van der Waals surface area contributed by atoms with Crippen LogP contribution in [-0.4, -0.2) is 24.6 Å². The van der Waals surface area contributed by atoms with Gasteiger partial charge in [0, 0.05) is 5.41 Å². The smallest absolute Gasteiger partial charge is 0.309 e. The molecule has 134 valence electrons. The van der Waals surface area contributed by atoms with Gasteiger partial charge in [0.05, 0.1) is 18.9 Å². The highest BCUT2D eigenvalue weighted by Gasteiger charge is 2.63. The van der Waals surface area contributed by atoms with Gasteiger partial charge in [-0.15, -0.1) is 0 Å². The Morgan fingerprint density at radius 3 is 2.36 bits per heavy atom. The molecule has 3 rings (SSSR count). The summed E-state index contributed by atoms with van der Waals surface area (Å²) in [4.78, 5) is 24.7. The zero-order valence-corrected chi connectivity index (χ0v) is 15.4. The van der Waals surface area contributed by atoms with Crippen molar-refractivity contribution in [1.29, 1.82) is 0 Å². The van der Waals surface area contributed by atoms with Crippen LogP contribution < -0.4 is 0 Å². The fourth-order valence-corrected chi connectivity index (χ4v) is 3.96. The zero-order valence-electron chi connectivity index (χ0n) is 15.4. The van der Waals surface area contributed by atoms with Crippen LogP contribution in [0.25, 0.3) is 5.57 Å². The molecule has 1 unspecified atom stereocenters. The predicted octanol–water partition coefficient (Wildman–Crippen LogP) is 4.00. The van der Waals surface area contributed by atoms with Crippen molar-refractivity contribution in [2.24, 2.45) is 17.3 Å². The second-order valence-corrected chi connectivity index (χ2v) is 8.09. The number of methoxy groups -OCH3 is 1. The van der Waals surface area contributed by atoms with Crippen LogP contribution in [0, 0.1) is 17.3 Å². The second kappa shape index (κ2) is 6.32. The number of rotatable bonds is 3. The number of carbonyl (C=O) groups is 2. The Kier molecular flexibility index (Phi) is 4.48. The minimum atomic E-state index is -0.501. The fraction of sp³-hybridized carbons (Fsp3) is 0.524. The van der Waals surface area contributed by atoms with E-state index in [0.29, 0.717) is 12.8 Å². The molecular weight excluding hydrogens is 316 g/mol. The lowest BCUT2D eigenvalue weighted by Crippen LogP contribution is -2.32. The average Bonchev–Trinajstić information content (AvgIpc) is 3.27. The molecular formula is C21H26O4. The van der Waals surface area contributed by atoms with Crippen molar-refractivity contribution in [2.45, 2.75) is 45.6 Å². The third-order valence-electron chi connectivity index (χ3n) is 5.14. The molecule has 0 saturated heterocycles. The molecule has 1 aromatic rings. The van der Waals surface area contributed by atoms with E-state index in [0.717, 1.165) is 12.0 Å². The van der Waals surface area contributed by atoms with Crippen molar-refractivity contribution in [2.75, 3.05) is 7.11 Å². The molecule has 1 aromatic carbocycles. The molecule has 0 N–H and O–H groups in total. The van der Waals surface area contributed by atoms with Gasteiger partial charge in [-0.2, -0.15) is 0 Å². The number of allylic oxidation sites excluding steroid dienone is 2. The molecule has 0 aromatic heterocycles. The van der Waals surface area contributed by atoms with Gasteiger partial charge in [-0.25, -0.2) is 0 Å². The highest BCUT2D eigenvalue weighted by atomic mass is 16.6. The Hall–Kier alpha value is -2.10. The lowest BCUT2D eigenvalue weighted by atomic mass is 9.74. The minimum absolute atomic E-state index is 0.172. The van der Waals surface area contributed by atoms with Crippen molar-refractivity contribution in [3.63, 3.8) is 0 Å². The minimum Gasteiger partial charge on any atom is -0.469 e. The largest absolute Gasteiger partial charge is 0.469 e. The maximum atomic E-state index is 12.6. The molecule has 1 fully saturated rings. The first-order valence-corrected chi connectivity index (χ1v) is 8.83. The van der Waals surface area contributed by atoms with Gasteiger partial charge in [-0.1, -0.05) is 36.4 Å². The molecule has 4 heteroatoms. The third kappa shape index (κ3) is 3.48. The molecule has 1 spiro atoms. The quantitative estimate of drug-likeness (QED) is 0.779. The van der Waals surface area contributed by atoms with Crippen LogP contribution >= 0.6 is 0 Å². The molecule has 3 atom stereocenters. The molecule has 0 bridgehead atoms. The van der Waals surface area contributed by atoms with Crippen LogP contribution in [0.3, 0.4) is 0 Å². The summed E-state index contributed by atoms with van der Waals surface area (Å²) >= 11 is 0.